The van der Waals surface area contributed by atoms with Crippen LogP contribution >= 0.6 is 11.8 Å². The van der Waals surface area contributed by atoms with Crippen LogP contribution in [0.1, 0.15) is 31.1 Å². The van der Waals surface area contributed by atoms with Crippen molar-refractivity contribution in [3.63, 3.8) is 0 Å². The first-order valence-electron chi connectivity index (χ1n) is 5.51. The van der Waals surface area contributed by atoms with E-state index in [0.29, 0.717) is 17.6 Å². The monoisotopic (exact) mass is 238 g/mol. The van der Waals surface area contributed by atoms with E-state index in [0.717, 1.165) is 11.3 Å². The van der Waals surface area contributed by atoms with Gasteiger partial charge in [-0.1, -0.05) is 13.8 Å². The molecule has 1 aromatic carbocycles. The molecule has 1 rings (SSSR count). The van der Waals surface area contributed by atoms with Crippen molar-refractivity contribution in [2.45, 2.75) is 26.0 Å². The zero-order chi connectivity index (χ0) is 12.0. The van der Waals surface area contributed by atoms with Crippen LogP contribution in [0.25, 0.3) is 0 Å². The first-order chi connectivity index (χ1) is 7.63. The minimum Gasteiger partial charge on any atom is -0.494 e. The van der Waals surface area contributed by atoms with Gasteiger partial charge >= 0.3 is 0 Å². The molecule has 0 unspecified atom stereocenters. The summed E-state index contributed by atoms with van der Waals surface area (Å²) in [6.07, 6.45) is 0. The van der Waals surface area contributed by atoms with Crippen LogP contribution in [0, 0.1) is 0 Å². The lowest BCUT2D eigenvalue weighted by Gasteiger charge is -2.05. The van der Waals surface area contributed by atoms with Gasteiger partial charge in [0.15, 0.2) is 5.78 Å². The lowest BCUT2D eigenvalue weighted by atomic mass is 10.1. The molecule has 0 heterocycles. The Balaban J connectivity index is 2.56. The lowest BCUT2D eigenvalue weighted by molar-refractivity contribution is 0.102. The molecule has 0 N–H and O–H groups in total. The highest BCUT2D eigenvalue weighted by Gasteiger charge is 2.07. The molecule has 0 bridgehead atoms. The molecule has 0 amide bonds. The van der Waals surface area contributed by atoms with E-state index in [9.17, 15) is 4.79 Å². The van der Waals surface area contributed by atoms with Crippen LogP contribution in [0.4, 0.5) is 0 Å². The molecule has 0 spiro atoms. The second kappa shape index (κ2) is 6.59. The Hall–Kier alpha value is -0.960. The van der Waals surface area contributed by atoms with Crippen molar-refractivity contribution in [3.8, 4) is 5.75 Å². The molecule has 0 aliphatic heterocycles. The Kier molecular flexibility index (Phi) is 5.39. The fourth-order valence-corrected chi connectivity index (χ4v) is 1.88. The summed E-state index contributed by atoms with van der Waals surface area (Å²) in [5.74, 6) is 1.54. The Morgan fingerprint density at radius 3 is 2.44 bits per heavy atom. The summed E-state index contributed by atoms with van der Waals surface area (Å²) in [5.41, 5.74) is 0.761. The number of benzene rings is 1. The van der Waals surface area contributed by atoms with E-state index in [2.05, 4.69) is 13.8 Å². The summed E-state index contributed by atoms with van der Waals surface area (Å²) in [6.45, 7) is 6.78. The van der Waals surface area contributed by atoms with E-state index < -0.39 is 0 Å². The maximum atomic E-state index is 11.8. The number of Topliss-reactive ketones (excluding diaryl/α,β-unsaturated/α-hetero) is 1. The minimum absolute atomic E-state index is 0.182. The molecule has 0 aliphatic carbocycles. The predicted octanol–water partition coefficient (Wildman–Crippen LogP) is 3.41. The first kappa shape index (κ1) is 13.1. The number of hydrogen-bond acceptors (Lipinski definition) is 3. The Morgan fingerprint density at radius 2 is 1.94 bits per heavy atom. The highest BCUT2D eigenvalue weighted by molar-refractivity contribution is 8.00. The number of rotatable bonds is 6. The molecular weight excluding hydrogens is 220 g/mol. The third kappa shape index (κ3) is 4.27. The fourth-order valence-electron chi connectivity index (χ4n) is 1.23. The molecule has 16 heavy (non-hydrogen) atoms. The van der Waals surface area contributed by atoms with Crippen molar-refractivity contribution in [2.75, 3.05) is 12.4 Å². The van der Waals surface area contributed by atoms with Gasteiger partial charge in [-0.3, -0.25) is 4.79 Å². The molecule has 0 aromatic heterocycles. The van der Waals surface area contributed by atoms with E-state index >= 15 is 0 Å². The second-order valence-electron chi connectivity index (χ2n) is 3.74. The van der Waals surface area contributed by atoms with Gasteiger partial charge in [0, 0.05) is 5.56 Å². The molecule has 2 nitrogen and oxygen atoms in total. The lowest BCUT2D eigenvalue weighted by Crippen LogP contribution is -2.04. The fraction of sp³-hybridized carbons (Fsp3) is 0.462. The summed E-state index contributed by atoms with van der Waals surface area (Å²) in [7, 11) is 0. The van der Waals surface area contributed by atoms with Crippen LogP contribution < -0.4 is 4.74 Å². The smallest absolute Gasteiger partial charge is 0.172 e. The molecule has 3 heteroatoms. The zero-order valence-electron chi connectivity index (χ0n) is 10.0. The van der Waals surface area contributed by atoms with Gasteiger partial charge in [-0.15, -0.1) is 0 Å². The van der Waals surface area contributed by atoms with Crippen LogP contribution in [-0.4, -0.2) is 23.4 Å². The third-order valence-electron chi connectivity index (χ3n) is 2.04. The number of hydrogen-bond donors (Lipinski definition) is 0. The number of carbonyl (C=O) groups excluding carboxylic acids is 1. The van der Waals surface area contributed by atoms with Crippen LogP contribution in [0.15, 0.2) is 24.3 Å². The SMILES string of the molecule is CCOc1ccc(C(=O)CSC(C)C)cc1. The van der Waals surface area contributed by atoms with Crippen molar-refractivity contribution in [2.24, 2.45) is 0 Å². The van der Waals surface area contributed by atoms with E-state index in [-0.39, 0.29) is 5.78 Å². The summed E-state index contributed by atoms with van der Waals surface area (Å²) < 4.78 is 5.32. The largest absolute Gasteiger partial charge is 0.494 e. The van der Waals surface area contributed by atoms with Gasteiger partial charge in [0.25, 0.3) is 0 Å². The maximum absolute atomic E-state index is 11.8. The highest BCUT2D eigenvalue weighted by atomic mass is 32.2. The van der Waals surface area contributed by atoms with Crippen molar-refractivity contribution < 1.29 is 9.53 Å². The van der Waals surface area contributed by atoms with Gasteiger partial charge in [-0.2, -0.15) is 11.8 Å². The second-order valence-corrected chi connectivity index (χ2v) is 5.31. The number of thioether (sulfide) groups is 1. The molecular formula is C13H18O2S. The van der Waals surface area contributed by atoms with Gasteiger partial charge in [0.05, 0.1) is 12.4 Å². The Morgan fingerprint density at radius 1 is 1.31 bits per heavy atom. The van der Waals surface area contributed by atoms with Crippen molar-refractivity contribution in [1.29, 1.82) is 0 Å². The average molecular weight is 238 g/mol. The standard InChI is InChI=1S/C13H18O2S/c1-4-15-12-7-5-11(6-8-12)13(14)9-16-10(2)3/h5-8,10H,4,9H2,1-3H3. The molecule has 0 saturated heterocycles. The van der Waals surface area contributed by atoms with Crippen LogP contribution in [-0.2, 0) is 0 Å². The number of ketones is 1. The molecule has 1 aromatic rings. The Bertz CT molecular complexity index is 330. The highest BCUT2D eigenvalue weighted by Crippen LogP contribution is 2.16. The maximum Gasteiger partial charge on any atom is 0.172 e. The Labute approximate surface area is 101 Å². The molecule has 0 saturated carbocycles. The average Bonchev–Trinajstić information content (AvgIpc) is 2.27. The minimum atomic E-state index is 0.182. The quantitative estimate of drug-likeness (QED) is 0.710. The first-order valence-corrected chi connectivity index (χ1v) is 6.56. The topological polar surface area (TPSA) is 26.3 Å². The van der Waals surface area contributed by atoms with Crippen LogP contribution in [0.2, 0.25) is 0 Å². The molecule has 0 fully saturated rings. The van der Waals surface area contributed by atoms with Crippen LogP contribution in [0.3, 0.4) is 0 Å². The van der Waals surface area contributed by atoms with Gasteiger partial charge in [0.2, 0.25) is 0 Å². The van der Waals surface area contributed by atoms with E-state index in [4.69, 9.17) is 4.74 Å². The van der Waals surface area contributed by atoms with Crippen LogP contribution in [0.5, 0.6) is 5.75 Å². The predicted molar refractivity (Wildman–Crippen MR) is 69.5 cm³/mol. The van der Waals surface area contributed by atoms with Gasteiger partial charge in [-0.25, -0.2) is 0 Å². The van der Waals surface area contributed by atoms with Crippen molar-refractivity contribution >= 4 is 17.5 Å². The summed E-state index contributed by atoms with van der Waals surface area (Å²) in [5, 5.41) is 0.492. The zero-order valence-corrected chi connectivity index (χ0v) is 10.8. The van der Waals surface area contributed by atoms with Gasteiger partial charge in [0.1, 0.15) is 5.75 Å². The van der Waals surface area contributed by atoms with E-state index in [1.165, 1.54) is 0 Å². The molecule has 0 radical (unpaired) electrons. The molecule has 0 atom stereocenters. The summed E-state index contributed by atoms with van der Waals surface area (Å²) in [6, 6.07) is 7.34. The number of ether oxygens (including phenoxy) is 1. The van der Waals surface area contributed by atoms with Gasteiger partial charge < -0.3 is 4.74 Å². The summed E-state index contributed by atoms with van der Waals surface area (Å²) >= 11 is 1.67. The normalized spacial score (nSPS) is 10.5. The molecule has 0 aliphatic rings. The number of carbonyl (C=O) groups is 1. The third-order valence-corrected chi connectivity index (χ3v) is 3.13. The summed E-state index contributed by atoms with van der Waals surface area (Å²) in [4.78, 5) is 11.8. The molecule has 88 valence electrons. The van der Waals surface area contributed by atoms with Crippen molar-refractivity contribution in [3.05, 3.63) is 29.8 Å². The van der Waals surface area contributed by atoms with E-state index in [1.807, 2.05) is 31.2 Å². The van der Waals surface area contributed by atoms with E-state index in [1.54, 1.807) is 11.8 Å². The van der Waals surface area contributed by atoms with Crippen molar-refractivity contribution in [1.82, 2.24) is 0 Å². The van der Waals surface area contributed by atoms with Gasteiger partial charge in [-0.05, 0) is 36.4 Å².